The molecule has 0 aliphatic rings. The Kier molecular flexibility index (Phi) is 5.94. The second-order valence-electron chi connectivity index (χ2n) is 6.48. The molecular formula is C21H20F3N4. The number of halogens is 3. The molecule has 0 saturated carbocycles. The number of nitrogens with one attached hydrogen (secondary N) is 1. The van der Waals surface area contributed by atoms with Crippen LogP contribution in [-0.2, 0) is 19.0 Å². The van der Waals surface area contributed by atoms with E-state index in [0.717, 1.165) is 17.3 Å². The lowest BCUT2D eigenvalue weighted by Gasteiger charge is -2.14. The van der Waals surface area contributed by atoms with E-state index in [-0.39, 0.29) is 24.1 Å². The van der Waals surface area contributed by atoms with Gasteiger partial charge in [0.15, 0.2) is 0 Å². The molecule has 3 rings (SSSR count). The molecule has 4 nitrogen and oxygen atoms in total. The zero-order valence-electron chi connectivity index (χ0n) is 15.3. The lowest BCUT2D eigenvalue weighted by atomic mass is 10.1. The number of hydrogen-bond donors (Lipinski definition) is 2. The van der Waals surface area contributed by atoms with Gasteiger partial charge in [-0.15, -0.1) is 0 Å². The molecule has 0 aliphatic heterocycles. The van der Waals surface area contributed by atoms with Gasteiger partial charge in [-0.3, -0.25) is 0 Å². The van der Waals surface area contributed by atoms with Gasteiger partial charge in [-0.05, 0) is 49.1 Å². The first-order valence-corrected chi connectivity index (χ1v) is 8.84. The predicted octanol–water partition coefficient (Wildman–Crippen LogP) is 4.84. The van der Waals surface area contributed by atoms with E-state index in [1.54, 1.807) is 18.2 Å². The van der Waals surface area contributed by atoms with E-state index in [2.05, 4.69) is 21.4 Å². The maximum atomic E-state index is 13.3. The molecule has 7 heteroatoms. The molecule has 0 aliphatic carbocycles. The monoisotopic (exact) mass is 385 g/mol. The third-order valence-electron chi connectivity index (χ3n) is 4.27. The molecule has 1 unspecified atom stereocenters. The Bertz CT molecular complexity index is 907. The van der Waals surface area contributed by atoms with E-state index < -0.39 is 11.7 Å². The van der Waals surface area contributed by atoms with Gasteiger partial charge in [0, 0.05) is 17.9 Å². The van der Waals surface area contributed by atoms with Crippen molar-refractivity contribution in [2.75, 3.05) is 5.32 Å². The molecule has 0 saturated heterocycles. The summed E-state index contributed by atoms with van der Waals surface area (Å²) in [6.07, 6.45) is -3.14. The molecule has 2 aromatic carbocycles. The second-order valence-corrected chi connectivity index (χ2v) is 6.48. The Morgan fingerprint density at radius 2 is 1.86 bits per heavy atom. The normalized spacial score (nSPS) is 12.6. The summed E-state index contributed by atoms with van der Waals surface area (Å²) < 4.78 is 40.0. The Hall–Kier alpha value is -2.93. The molecule has 145 valence electrons. The molecule has 1 atom stereocenters. The lowest BCUT2D eigenvalue weighted by molar-refractivity contribution is -0.138. The first kappa shape index (κ1) is 19.8. The standard InChI is InChI=1S/C21H20F3N4/c1-14(25)16-8-10-17(11-9-16)27-20-26-13-18(21(22,23)24)19(28-20)12-7-15-5-3-2-4-6-15/h2-5,8-11,13-14H,7,12,25H2,1H3,(H,26,27,28). The Morgan fingerprint density at radius 1 is 1.11 bits per heavy atom. The van der Waals surface area contributed by atoms with Crippen LogP contribution in [-0.4, -0.2) is 9.97 Å². The van der Waals surface area contributed by atoms with Gasteiger partial charge in [0.05, 0.1) is 11.3 Å². The number of nitrogens with two attached hydrogens (primary N) is 1. The largest absolute Gasteiger partial charge is 0.419 e. The zero-order chi connectivity index (χ0) is 20.1. The van der Waals surface area contributed by atoms with E-state index in [0.29, 0.717) is 12.1 Å². The highest BCUT2D eigenvalue weighted by molar-refractivity contribution is 5.54. The van der Waals surface area contributed by atoms with Crippen LogP contribution in [0.3, 0.4) is 0 Å². The van der Waals surface area contributed by atoms with Crippen LogP contribution in [0.4, 0.5) is 24.8 Å². The van der Waals surface area contributed by atoms with Crippen LogP contribution < -0.4 is 11.1 Å². The number of anilines is 2. The number of rotatable bonds is 6. The first-order valence-electron chi connectivity index (χ1n) is 8.84. The summed E-state index contributed by atoms with van der Waals surface area (Å²) in [5.74, 6) is 0.119. The number of alkyl halides is 3. The van der Waals surface area contributed by atoms with Crippen LogP contribution in [0.5, 0.6) is 0 Å². The maximum Gasteiger partial charge on any atom is 0.419 e. The van der Waals surface area contributed by atoms with E-state index in [1.165, 1.54) is 0 Å². The highest BCUT2D eigenvalue weighted by Gasteiger charge is 2.34. The van der Waals surface area contributed by atoms with Gasteiger partial charge in [0.2, 0.25) is 5.95 Å². The molecule has 1 heterocycles. The van der Waals surface area contributed by atoms with Crippen LogP contribution in [0.2, 0.25) is 0 Å². The minimum Gasteiger partial charge on any atom is -0.324 e. The molecule has 0 bridgehead atoms. The summed E-state index contributed by atoms with van der Waals surface area (Å²) in [6, 6.07) is 17.4. The molecule has 1 aromatic heterocycles. The molecule has 28 heavy (non-hydrogen) atoms. The van der Waals surface area contributed by atoms with Gasteiger partial charge in [-0.2, -0.15) is 13.2 Å². The minimum absolute atomic E-state index is 0.0468. The van der Waals surface area contributed by atoms with E-state index in [9.17, 15) is 13.2 Å². The van der Waals surface area contributed by atoms with Crippen molar-refractivity contribution < 1.29 is 13.2 Å². The van der Waals surface area contributed by atoms with Gasteiger partial charge in [-0.1, -0.05) is 36.4 Å². The maximum absolute atomic E-state index is 13.3. The smallest absolute Gasteiger partial charge is 0.324 e. The molecule has 1 radical (unpaired) electrons. The number of aryl methyl sites for hydroxylation is 2. The highest BCUT2D eigenvalue weighted by Crippen LogP contribution is 2.32. The number of hydrogen-bond acceptors (Lipinski definition) is 4. The fraction of sp³-hybridized carbons (Fsp3) is 0.238. The van der Waals surface area contributed by atoms with Crippen molar-refractivity contribution in [2.45, 2.75) is 32.0 Å². The Labute approximate surface area is 161 Å². The predicted molar refractivity (Wildman–Crippen MR) is 102 cm³/mol. The summed E-state index contributed by atoms with van der Waals surface area (Å²) >= 11 is 0. The highest BCUT2D eigenvalue weighted by atomic mass is 19.4. The average molecular weight is 385 g/mol. The van der Waals surface area contributed by atoms with E-state index in [1.807, 2.05) is 37.3 Å². The summed E-state index contributed by atoms with van der Waals surface area (Å²) in [7, 11) is 0. The minimum atomic E-state index is -4.51. The summed E-state index contributed by atoms with van der Waals surface area (Å²) in [5, 5.41) is 2.95. The van der Waals surface area contributed by atoms with Crippen molar-refractivity contribution in [3.63, 3.8) is 0 Å². The number of aromatic nitrogens is 2. The quantitative estimate of drug-likeness (QED) is 0.637. The Balaban J connectivity index is 1.82. The van der Waals surface area contributed by atoms with Crippen molar-refractivity contribution in [1.29, 1.82) is 0 Å². The molecule has 0 amide bonds. The summed E-state index contributed by atoms with van der Waals surface area (Å²) in [5.41, 5.74) is 7.41. The fourth-order valence-corrected chi connectivity index (χ4v) is 2.74. The molecular weight excluding hydrogens is 365 g/mol. The van der Waals surface area contributed by atoms with Crippen molar-refractivity contribution >= 4 is 11.6 Å². The Morgan fingerprint density at radius 3 is 2.46 bits per heavy atom. The zero-order valence-corrected chi connectivity index (χ0v) is 15.3. The van der Waals surface area contributed by atoms with Crippen LogP contribution in [0.15, 0.2) is 54.7 Å². The summed E-state index contributed by atoms with van der Waals surface area (Å²) in [4.78, 5) is 7.97. The third kappa shape index (κ3) is 5.07. The molecule has 0 fully saturated rings. The van der Waals surface area contributed by atoms with Crippen molar-refractivity contribution in [2.24, 2.45) is 5.73 Å². The molecule has 3 aromatic rings. The summed E-state index contributed by atoms with van der Waals surface area (Å²) in [6.45, 7) is 1.87. The molecule has 0 spiro atoms. The van der Waals surface area contributed by atoms with Crippen molar-refractivity contribution in [3.8, 4) is 0 Å². The van der Waals surface area contributed by atoms with Crippen molar-refractivity contribution in [3.05, 3.63) is 83.2 Å². The topological polar surface area (TPSA) is 63.8 Å². The van der Waals surface area contributed by atoms with Crippen LogP contribution in [0.25, 0.3) is 0 Å². The SMILES string of the molecule is CC(N)c1ccc(Nc2ncc(C(F)(F)F)c(CCc3[c]cccc3)n2)cc1. The van der Waals surface area contributed by atoms with Gasteiger partial charge >= 0.3 is 6.18 Å². The van der Waals surface area contributed by atoms with Gasteiger partial charge in [0.25, 0.3) is 0 Å². The van der Waals surface area contributed by atoms with Crippen LogP contribution >= 0.6 is 0 Å². The van der Waals surface area contributed by atoms with Gasteiger partial charge in [-0.25, -0.2) is 9.97 Å². The van der Waals surface area contributed by atoms with E-state index in [4.69, 9.17) is 5.73 Å². The first-order chi connectivity index (χ1) is 13.3. The lowest BCUT2D eigenvalue weighted by Crippen LogP contribution is -2.14. The van der Waals surface area contributed by atoms with Gasteiger partial charge < -0.3 is 11.1 Å². The van der Waals surface area contributed by atoms with E-state index >= 15 is 0 Å². The van der Waals surface area contributed by atoms with Crippen molar-refractivity contribution in [1.82, 2.24) is 9.97 Å². The van der Waals surface area contributed by atoms with Gasteiger partial charge in [0.1, 0.15) is 0 Å². The van der Waals surface area contributed by atoms with Crippen LogP contribution in [0.1, 0.15) is 35.3 Å². The number of nitrogens with zero attached hydrogens (tertiary/aromatic N) is 2. The van der Waals surface area contributed by atoms with Crippen LogP contribution in [0, 0.1) is 6.07 Å². The fourth-order valence-electron chi connectivity index (χ4n) is 2.74. The average Bonchev–Trinajstić information content (AvgIpc) is 2.67. The second kappa shape index (κ2) is 8.39. The number of benzene rings is 2. The molecule has 3 N–H and O–H groups in total. The third-order valence-corrected chi connectivity index (χ3v) is 4.27.